The number of nitrogens with zero attached hydrogens (tertiary/aromatic N) is 1. The number of amides is 1. The fourth-order valence-corrected chi connectivity index (χ4v) is 2.99. The zero-order chi connectivity index (χ0) is 19.1. The van der Waals surface area contributed by atoms with Crippen molar-refractivity contribution in [2.24, 2.45) is 0 Å². The summed E-state index contributed by atoms with van der Waals surface area (Å²) < 4.78 is 6.18. The third kappa shape index (κ3) is 6.38. The number of rotatable bonds is 7. The minimum absolute atomic E-state index is 0.150. The van der Waals surface area contributed by atoms with Gasteiger partial charge >= 0.3 is 5.97 Å². The molecule has 0 saturated carbocycles. The van der Waals surface area contributed by atoms with Crippen LogP contribution in [0.25, 0.3) is 0 Å². The quantitative estimate of drug-likeness (QED) is 0.520. The first-order valence-corrected chi connectivity index (χ1v) is 9.79. The zero-order valence-electron chi connectivity index (χ0n) is 14.9. The maximum atomic E-state index is 12.2. The van der Waals surface area contributed by atoms with Gasteiger partial charge in [-0.1, -0.05) is 15.9 Å². The first kappa shape index (κ1) is 20.3. The Labute approximate surface area is 166 Å². The van der Waals surface area contributed by atoms with Crippen molar-refractivity contribution >= 4 is 50.9 Å². The van der Waals surface area contributed by atoms with E-state index in [0.29, 0.717) is 5.69 Å². The number of nitrogens with one attached hydrogen (secondary N) is 1. The summed E-state index contributed by atoms with van der Waals surface area (Å²) in [7, 11) is 3.89. The van der Waals surface area contributed by atoms with Crippen molar-refractivity contribution in [3.8, 4) is 0 Å². The molecular formula is C19H21BrN2O3S. The van der Waals surface area contributed by atoms with E-state index in [1.165, 1.54) is 11.8 Å². The van der Waals surface area contributed by atoms with Crippen LogP contribution in [0.1, 0.15) is 6.92 Å². The molecule has 1 atom stereocenters. The molecule has 1 N–H and O–H groups in total. The summed E-state index contributed by atoms with van der Waals surface area (Å²) >= 11 is 4.73. The van der Waals surface area contributed by atoms with Crippen molar-refractivity contribution in [1.82, 2.24) is 0 Å². The number of hydrogen-bond acceptors (Lipinski definition) is 5. The van der Waals surface area contributed by atoms with E-state index in [9.17, 15) is 9.59 Å². The fraction of sp³-hybridized carbons (Fsp3) is 0.263. The number of halogens is 1. The summed E-state index contributed by atoms with van der Waals surface area (Å²) in [6.45, 7) is 1.56. The second kappa shape index (κ2) is 9.64. The van der Waals surface area contributed by atoms with E-state index < -0.39 is 12.1 Å². The van der Waals surface area contributed by atoms with Crippen LogP contribution < -0.4 is 10.2 Å². The second-order valence-electron chi connectivity index (χ2n) is 5.81. The Bertz CT molecular complexity index is 748. The van der Waals surface area contributed by atoms with Crippen LogP contribution in [0, 0.1) is 0 Å². The molecular weight excluding hydrogens is 416 g/mol. The zero-order valence-corrected chi connectivity index (χ0v) is 17.3. The lowest BCUT2D eigenvalue weighted by atomic mass is 10.2. The summed E-state index contributed by atoms with van der Waals surface area (Å²) in [6, 6.07) is 15.1. The van der Waals surface area contributed by atoms with Crippen molar-refractivity contribution in [2.45, 2.75) is 17.9 Å². The molecule has 0 aliphatic rings. The van der Waals surface area contributed by atoms with Gasteiger partial charge in [0.15, 0.2) is 6.10 Å². The molecule has 0 fully saturated rings. The Morgan fingerprint density at radius 2 is 1.73 bits per heavy atom. The number of hydrogen-bond donors (Lipinski definition) is 1. The van der Waals surface area contributed by atoms with Crippen molar-refractivity contribution in [3.05, 3.63) is 53.0 Å². The van der Waals surface area contributed by atoms with Crippen LogP contribution >= 0.6 is 27.7 Å². The lowest BCUT2D eigenvalue weighted by Crippen LogP contribution is -2.30. The molecule has 7 heteroatoms. The van der Waals surface area contributed by atoms with Crippen LogP contribution in [0.15, 0.2) is 57.9 Å². The Balaban J connectivity index is 1.80. The standard InChI is InChI=1S/C19H21BrN2O3S/c1-13(19(24)21-15-6-8-16(9-7-15)22(2)3)25-18(23)12-26-17-10-4-14(20)5-11-17/h4-11,13H,12H2,1-3H3,(H,21,24). The number of thioether (sulfide) groups is 1. The molecule has 0 radical (unpaired) electrons. The van der Waals surface area contributed by atoms with Crippen molar-refractivity contribution in [3.63, 3.8) is 0 Å². The normalized spacial score (nSPS) is 11.5. The highest BCUT2D eigenvalue weighted by atomic mass is 79.9. The van der Waals surface area contributed by atoms with Gasteiger partial charge in [0.05, 0.1) is 5.75 Å². The van der Waals surface area contributed by atoms with E-state index in [2.05, 4.69) is 21.2 Å². The number of ether oxygens (including phenoxy) is 1. The van der Waals surface area contributed by atoms with E-state index in [1.54, 1.807) is 6.92 Å². The number of anilines is 2. The van der Waals surface area contributed by atoms with E-state index in [4.69, 9.17) is 4.74 Å². The lowest BCUT2D eigenvalue weighted by Gasteiger charge is -2.15. The number of esters is 1. The maximum Gasteiger partial charge on any atom is 0.317 e. The highest BCUT2D eigenvalue weighted by molar-refractivity contribution is 9.10. The first-order chi connectivity index (χ1) is 12.3. The molecule has 1 unspecified atom stereocenters. The topological polar surface area (TPSA) is 58.6 Å². The van der Waals surface area contributed by atoms with Gasteiger partial charge in [0.1, 0.15) is 0 Å². The van der Waals surface area contributed by atoms with Crippen LogP contribution in [0.3, 0.4) is 0 Å². The molecule has 0 heterocycles. The molecule has 2 aromatic rings. The van der Waals surface area contributed by atoms with E-state index in [-0.39, 0.29) is 11.7 Å². The summed E-state index contributed by atoms with van der Waals surface area (Å²) in [5, 5.41) is 2.75. The van der Waals surface area contributed by atoms with Gasteiger partial charge in [-0.15, -0.1) is 11.8 Å². The van der Waals surface area contributed by atoms with Gasteiger partial charge in [0.2, 0.25) is 0 Å². The monoisotopic (exact) mass is 436 g/mol. The van der Waals surface area contributed by atoms with Gasteiger partial charge in [-0.3, -0.25) is 9.59 Å². The third-order valence-corrected chi connectivity index (χ3v) is 5.01. The van der Waals surface area contributed by atoms with E-state index in [1.807, 2.05) is 67.5 Å². The van der Waals surface area contributed by atoms with Gasteiger partial charge in [-0.25, -0.2) is 0 Å². The SMILES string of the molecule is CC(OC(=O)CSc1ccc(Br)cc1)C(=O)Nc1ccc(N(C)C)cc1. The van der Waals surface area contributed by atoms with Gasteiger partial charge in [0, 0.05) is 34.8 Å². The van der Waals surface area contributed by atoms with Crippen molar-refractivity contribution in [1.29, 1.82) is 0 Å². The fourth-order valence-electron chi connectivity index (χ4n) is 2.04. The van der Waals surface area contributed by atoms with Crippen LogP contribution in [0.2, 0.25) is 0 Å². The smallest absolute Gasteiger partial charge is 0.317 e. The van der Waals surface area contributed by atoms with Crippen molar-refractivity contribution in [2.75, 3.05) is 30.1 Å². The largest absolute Gasteiger partial charge is 0.452 e. The highest BCUT2D eigenvalue weighted by Gasteiger charge is 2.18. The third-order valence-electron chi connectivity index (χ3n) is 3.50. The summed E-state index contributed by atoms with van der Waals surface area (Å²) in [4.78, 5) is 27.0. The minimum Gasteiger partial charge on any atom is -0.452 e. The molecule has 2 aromatic carbocycles. The Morgan fingerprint density at radius 3 is 2.31 bits per heavy atom. The van der Waals surface area contributed by atoms with Gasteiger partial charge in [-0.2, -0.15) is 0 Å². The molecule has 5 nitrogen and oxygen atoms in total. The van der Waals surface area contributed by atoms with Crippen LogP contribution in [0.4, 0.5) is 11.4 Å². The molecule has 1 amide bonds. The summed E-state index contributed by atoms with van der Waals surface area (Å²) in [6.07, 6.45) is -0.860. The van der Waals surface area contributed by atoms with E-state index >= 15 is 0 Å². The van der Waals surface area contributed by atoms with Crippen LogP contribution in [-0.2, 0) is 14.3 Å². The van der Waals surface area contributed by atoms with Gasteiger partial charge in [0.25, 0.3) is 5.91 Å². The van der Waals surface area contributed by atoms with Crippen LogP contribution in [0.5, 0.6) is 0 Å². The van der Waals surface area contributed by atoms with Gasteiger partial charge in [-0.05, 0) is 55.5 Å². The molecule has 0 spiro atoms. The molecule has 138 valence electrons. The molecule has 0 bridgehead atoms. The predicted octanol–water partition coefficient (Wildman–Crippen LogP) is 4.18. The number of carbonyl (C=O) groups is 2. The Kier molecular flexibility index (Phi) is 7.53. The molecule has 0 saturated heterocycles. The van der Waals surface area contributed by atoms with Crippen LogP contribution in [-0.4, -0.2) is 37.8 Å². The summed E-state index contributed by atoms with van der Waals surface area (Å²) in [5.74, 6) is -0.635. The minimum atomic E-state index is -0.860. The van der Waals surface area contributed by atoms with Gasteiger partial charge < -0.3 is 15.0 Å². The average Bonchev–Trinajstić information content (AvgIpc) is 2.61. The highest BCUT2D eigenvalue weighted by Crippen LogP contribution is 2.21. The number of carbonyl (C=O) groups excluding carboxylic acids is 2. The second-order valence-corrected chi connectivity index (χ2v) is 7.77. The molecule has 0 aliphatic heterocycles. The molecule has 0 aliphatic carbocycles. The summed E-state index contributed by atoms with van der Waals surface area (Å²) in [5.41, 5.74) is 1.69. The van der Waals surface area contributed by atoms with E-state index in [0.717, 1.165) is 15.1 Å². The molecule has 2 rings (SSSR count). The Hall–Kier alpha value is -1.99. The predicted molar refractivity (Wildman–Crippen MR) is 110 cm³/mol. The Morgan fingerprint density at radius 1 is 1.12 bits per heavy atom. The molecule has 0 aromatic heterocycles. The van der Waals surface area contributed by atoms with Crippen molar-refractivity contribution < 1.29 is 14.3 Å². The first-order valence-electron chi connectivity index (χ1n) is 8.01. The average molecular weight is 437 g/mol. The lowest BCUT2D eigenvalue weighted by molar-refractivity contribution is -0.150. The molecule has 26 heavy (non-hydrogen) atoms. The number of benzene rings is 2. The maximum absolute atomic E-state index is 12.2.